The standard InChI is InChI=1S/C15H23N5S/c1-3-16-15(17-9-12-20-10-5-8-18-20)19(2)11-7-14-6-4-13-21-14/h4-6,8,10,13H,3,7,9,11-12H2,1-2H3,(H,16,17). The van der Waals surface area contributed by atoms with Gasteiger partial charge in [0.25, 0.3) is 0 Å². The third-order valence-electron chi connectivity index (χ3n) is 3.12. The number of nitrogens with zero attached hydrogens (tertiary/aromatic N) is 4. The number of nitrogens with one attached hydrogen (secondary N) is 1. The maximum atomic E-state index is 4.66. The molecule has 0 radical (unpaired) electrons. The summed E-state index contributed by atoms with van der Waals surface area (Å²) in [5.41, 5.74) is 0. The summed E-state index contributed by atoms with van der Waals surface area (Å²) in [7, 11) is 2.09. The molecule has 0 saturated carbocycles. The average molecular weight is 305 g/mol. The molecule has 21 heavy (non-hydrogen) atoms. The van der Waals surface area contributed by atoms with E-state index in [9.17, 15) is 0 Å². The van der Waals surface area contributed by atoms with E-state index in [1.165, 1.54) is 4.88 Å². The minimum absolute atomic E-state index is 0.730. The fourth-order valence-electron chi connectivity index (χ4n) is 2.00. The minimum Gasteiger partial charge on any atom is -0.357 e. The molecule has 0 spiro atoms. The Morgan fingerprint density at radius 2 is 2.38 bits per heavy atom. The van der Waals surface area contributed by atoms with Gasteiger partial charge in [-0.2, -0.15) is 5.10 Å². The molecule has 2 aromatic heterocycles. The first-order valence-electron chi connectivity index (χ1n) is 7.29. The number of aliphatic imine (C=N–C) groups is 1. The predicted molar refractivity (Wildman–Crippen MR) is 88.9 cm³/mol. The fourth-order valence-corrected chi connectivity index (χ4v) is 2.70. The molecule has 6 heteroatoms. The van der Waals surface area contributed by atoms with E-state index in [4.69, 9.17) is 0 Å². The summed E-state index contributed by atoms with van der Waals surface area (Å²) >= 11 is 1.81. The van der Waals surface area contributed by atoms with Crippen LogP contribution in [-0.4, -0.2) is 47.3 Å². The monoisotopic (exact) mass is 305 g/mol. The van der Waals surface area contributed by atoms with E-state index in [0.29, 0.717) is 0 Å². The van der Waals surface area contributed by atoms with E-state index >= 15 is 0 Å². The second kappa shape index (κ2) is 8.46. The van der Waals surface area contributed by atoms with Gasteiger partial charge in [0.1, 0.15) is 0 Å². The van der Waals surface area contributed by atoms with Crippen LogP contribution >= 0.6 is 11.3 Å². The number of hydrogen-bond donors (Lipinski definition) is 1. The van der Waals surface area contributed by atoms with Crippen molar-refractivity contribution in [3.05, 3.63) is 40.8 Å². The first kappa shape index (κ1) is 15.6. The lowest BCUT2D eigenvalue weighted by Crippen LogP contribution is -2.40. The molecule has 1 N–H and O–H groups in total. The van der Waals surface area contributed by atoms with Crippen LogP contribution in [0.4, 0.5) is 0 Å². The van der Waals surface area contributed by atoms with Gasteiger partial charge in [-0.25, -0.2) is 0 Å². The highest BCUT2D eigenvalue weighted by Gasteiger charge is 2.05. The van der Waals surface area contributed by atoms with Crippen LogP contribution in [0.15, 0.2) is 41.0 Å². The van der Waals surface area contributed by atoms with Gasteiger partial charge in [-0.3, -0.25) is 9.67 Å². The summed E-state index contributed by atoms with van der Waals surface area (Å²) in [6.45, 7) is 5.47. The van der Waals surface area contributed by atoms with Crippen molar-refractivity contribution >= 4 is 17.3 Å². The molecule has 0 unspecified atom stereocenters. The molecule has 2 aromatic rings. The summed E-state index contributed by atoms with van der Waals surface area (Å²) in [5.74, 6) is 0.959. The Morgan fingerprint density at radius 3 is 3.05 bits per heavy atom. The van der Waals surface area contributed by atoms with Gasteiger partial charge in [0.05, 0.1) is 13.1 Å². The number of thiophene rings is 1. The van der Waals surface area contributed by atoms with Crippen LogP contribution in [0.5, 0.6) is 0 Å². The van der Waals surface area contributed by atoms with Gasteiger partial charge in [-0.05, 0) is 30.9 Å². The van der Waals surface area contributed by atoms with Crippen LogP contribution < -0.4 is 5.32 Å². The molecule has 5 nitrogen and oxygen atoms in total. The Morgan fingerprint density at radius 1 is 1.48 bits per heavy atom. The van der Waals surface area contributed by atoms with Crippen LogP contribution in [0.3, 0.4) is 0 Å². The quantitative estimate of drug-likeness (QED) is 0.629. The van der Waals surface area contributed by atoms with Crippen molar-refractivity contribution in [1.82, 2.24) is 20.0 Å². The lowest BCUT2D eigenvalue weighted by molar-refractivity contribution is 0.484. The third-order valence-corrected chi connectivity index (χ3v) is 4.06. The molecule has 0 aliphatic heterocycles. The lowest BCUT2D eigenvalue weighted by atomic mass is 10.3. The Labute approximate surface area is 130 Å². The van der Waals surface area contributed by atoms with Crippen LogP contribution in [0.1, 0.15) is 11.8 Å². The van der Waals surface area contributed by atoms with Crippen molar-refractivity contribution < 1.29 is 0 Å². The first-order chi connectivity index (χ1) is 10.3. The summed E-state index contributed by atoms with van der Waals surface area (Å²) < 4.78 is 1.90. The second-order valence-corrected chi connectivity index (χ2v) is 5.79. The maximum absolute atomic E-state index is 4.66. The molecule has 0 amide bonds. The third kappa shape index (κ3) is 5.23. The molecule has 2 rings (SSSR count). The highest BCUT2D eigenvalue weighted by molar-refractivity contribution is 7.09. The molecule has 0 bridgehead atoms. The lowest BCUT2D eigenvalue weighted by Gasteiger charge is -2.21. The Balaban J connectivity index is 1.83. The maximum Gasteiger partial charge on any atom is 0.193 e. The number of likely N-dealkylation sites (N-methyl/N-ethyl adjacent to an activating group) is 1. The summed E-state index contributed by atoms with van der Waals surface area (Å²) in [5, 5.41) is 9.65. The van der Waals surface area contributed by atoms with E-state index in [-0.39, 0.29) is 0 Å². The molecule has 114 valence electrons. The highest BCUT2D eigenvalue weighted by atomic mass is 32.1. The summed E-state index contributed by atoms with van der Waals surface area (Å²) in [4.78, 5) is 8.26. The zero-order valence-electron chi connectivity index (χ0n) is 12.7. The Bertz CT molecular complexity index is 518. The van der Waals surface area contributed by atoms with E-state index in [2.05, 4.69) is 51.8 Å². The molecular formula is C15H23N5S. The van der Waals surface area contributed by atoms with Crippen molar-refractivity contribution in [1.29, 1.82) is 0 Å². The SMILES string of the molecule is CCNC(=NCCn1cccn1)N(C)CCc1cccs1. The molecule has 0 atom stereocenters. The van der Waals surface area contributed by atoms with Gasteiger partial charge >= 0.3 is 0 Å². The number of hydrogen-bond acceptors (Lipinski definition) is 3. The van der Waals surface area contributed by atoms with Crippen LogP contribution in [0.25, 0.3) is 0 Å². The smallest absolute Gasteiger partial charge is 0.193 e. The van der Waals surface area contributed by atoms with Crippen LogP contribution in [0.2, 0.25) is 0 Å². The van der Waals surface area contributed by atoms with Gasteiger partial charge in [0.2, 0.25) is 0 Å². The van der Waals surface area contributed by atoms with Gasteiger partial charge in [0, 0.05) is 37.4 Å². The van der Waals surface area contributed by atoms with Crippen LogP contribution in [0, 0.1) is 0 Å². The van der Waals surface area contributed by atoms with E-state index < -0.39 is 0 Å². The number of aromatic nitrogens is 2. The first-order valence-corrected chi connectivity index (χ1v) is 8.17. The van der Waals surface area contributed by atoms with Crippen molar-refractivity contribution in [2.24, 2.45) is 4.99 Å². The molecule has 0 aliphatic carbocycles. The number of guanidine groups is 1. The Kier molecular flexibility index (Phi) is 6.27. The average Bonchev–Trinajstić information content (AvgIpc) is 3.17. The zero-order valence-corrected chi connectivity index (χ0v) is 13.5. The van der Waals surface area contributed by atoms with Crippen molar-refractivity contribution in [3.63, 3.8) is 0 Å². The zero-order chi connectivity index (χ0) is 14.9. The Hall–Kier alpha value is -1.82. The summed E-state index contributed by atoms with van der Waals surface area (Å²) in [6, 6.07) is 6.21. The summed E-state index contributed by atoms with van der Waals surface area (Å²) in [6.07, 6.45) is 4.81. The van der Waals surface area contributed by atoms with Gasteiger partial charge in [0.15, 0.2) is 5.96 Å². The van der Waals surface area contributed by atoms with Crippen molar-refractivity contribution in [2.45, 2.75) is 19.9 Å². The van der Waals surface area contributed by atoms with E-state index in [0.717, 1.165) is 38.6 Å². The number of rotatable bonds is 7. The molecule has 0 aliphatic rings. The predicted octanol–water partition coefficient (Wildman–Crippen LogP) is 2.08. The van der Waals surface area contributed by atoms with Crippen molar-refractivity contribution in [2.75, 3.05) is 26.7 Å². The molecule has 0 saturated heterocycles. The fraction of sp³-hybridized carbons (Fsp3) is 0.467. The largest absolute Gasteiger partial charge is 0.357 e. The molecular weight excluding hydrogens is 282 g/mol. The van der Waals surface area contributed by atoms with E-state index in [1.807, 2.05) is 28.3 Å². The minimum atomic E-state index is 0.730. The molecule has 2 heterocycles. The van der Waals surface area contributed by atoms with Crippen molar-refractivity contribution in [3.8, 4) is 0 Å². The van der Waals surface area contributed by atoms with E-state index in [1.54, 1.807) is 6.20 Å². The highest BCUT2D eigenvalue weighted by Crippen LogP contribution is 2.09. The van der Waals surface area contributed by atoms with Gasteiger partial charge < -0.3 is 10.2 Å². The topological polar surface area (TPSA) is 45.5 Å². The normalized spacial score (nSPS) is 11.6. The molecule has 0 aromatic carbocycles. The van der Waals surface area contributed by atoms with Gasteiger partial charge in [-0.1, -0.05) is 6.07 Å². The van der Waals surface area contributed by atoms with Crippen LogP contribution in [-0.2, 0) is 13.0 Å². The second-order valence-electron chi connectivity index (χ2n) is 4.76. The molecule has 0 fully saturated rings. The van der Waals surface area contributed by atoms with Gasteiger partial charge in [-0.15, -0.1) is 11.3 Å².